The fraction of sp³-hybridized carbons (Fsp3) is 0.222. The first kappa shape index (κ1) is 16.8. The van der Waals surface area contributed by atoms with Crippen molar-refractivity contribution in [3.05, 3.63) is 48.3 Å². The summed E-state index contributed by atoms with van der Waals surface area (Å²) in [6.45, 7) is 3.33. The minimum atomic E-state index is -0.614. The van der Waals surface area contributed by atoms with Gasteiger partial charge in [0, 0.05) is 5.69 Å². The van der Waals surface area contributed by atoms with Gasteiger partial charge in [-0.15, -0.1) is 0 Å². The molecule has 0 aliphatic carbocycles. The molecule has 3 rings (SSSR count). The Morgan fingerprint density at radius 2 is 2.04 bits per heavy atom. The Morgan fingerprint density at radius 3 is 2.80 bits per heavy atom. The van der Waals surface area contributed by atoms with Crippen molar-refractivity contribution in [1.29, 1.82) is 0 Å². The lowest BCUT2D eigenvalue weighted by atomic mass is 10.2. The van der Waals surface area contributed by atoms with Crippen molar-refractivity contribution in [3.63, 3.8) is 0 Å². The third-order valence-electron chi connectivity index (χ3n) is 3.82. The number of rotatable bonds is 4. The Balaban J connectivity index is 1.68. The van der Waals surface area contributed by atoms with Gasteiger partial charge in [-0.3, -0.25) is 9.59 Å². The average molecular weight is 343 g/mol. The van der Waals surface area contributed by atoms with Crippen LogP contribution in [0.25, 0.3) is 0 Å². The molecule has 0 radical (unpaired) electrons. The van der Waals surface area contributed by atoms with Crippen LogP contribution in [0.2, 0.25) is 0 Å². The van der Waals surface area contributed by atoms with Gasteiger partial charge in [0.05, 0.1) is 11.4 Å². The quantitative estimate of drug-likeness (QED) is 0.797. The van der Waals surface area contributed by atoms with Crippen LogP contribution in [-0.2, 0) is 9.59 Å². The maximum absolute atomic E-state index is 13.6. The molecule has 2 aromatic rings. The first-order valence-corrected chi connectivity index (χ1v) is 7.87. The van der Waals surface area contributed by atoms with Crippen molar-refractivity contribution >= 4 is 28.9 Å². The Morgan fingerprint density at radius 1 is 1.28 bits per heavy atom. The molecule has 1 aliphatic heterocycles. The van der Waals surface area contributed by atoms with Crippen molar-refractivity contribution in [2.45, 2.75) is 26.0 Å². The first-order valence-electron chi connectivity index (χ1n) is 7.87. The molecule has 2 aromatic carbocycles. The lowest BCUT2D eigenvalue weighted by Gasteiger charge is -2.24. The highest BCUT2D eigenvalue weighted by atomic mass is 19.1. The van der Waals surface area contributed by atoms with E-state index in [2.05, 4.69) is 16.0 Å². The molecular weight excluding hydrogens is 325 g/mol. The number of amides is 2. The van der Waals surface area contributed by atoms with E-state index in [9.17, 15) is 14.0 Å². The van der Waals surface area contributed by atoms with Crippen molar-refractivity contribution in [2.75, 3.05) is 16.0 Å². The second-order valence-electron chi connectivity index (χ2n) is 5.80. The van der Waals surface area contributed by atoms with Crippen LogP contribution in [0.15, 0.2) is 42.5 Å². The number of hydrogen-bond donors (Lipinski definition) is 3. The first-order chi connectivity index (χ1) is 11.9. The highest BCUT2D eigenvalue weighted by Crippen LogP contribution is 2.32. The SMILES string of the molecule is CC(Nc1ccc2c(c1)NC(=O)C(C)O2)C(=O)Nc1ccccc1F. The van der Waals surface area contributed by atoms with Gasteiger partial charge in [-0.25, -0.2) is 4.39 Å². The molecule has 6 nitrogen and oxygen atoms in total. The molecule has 0 saturated heterocycles. The third-order valence-corrected chi connectivity index (χ3v) is 3.82. The van der Waals surface area contributed by atoms with E-state index in [1.165, 1.54) is 12.1 Å². The number of fused-ring (bicyclic) bond motifs is 1. The Bertz CT molecular complexity index is 825. The molecule has 1 heterocycles. The summed E-state index contributed by atoms with van der Waals surface area (Å²) >= 11 is 0. The fourth-order valence-electron chi connectivity index (χ4n) is 2.42. The predicted molar refractivity (Wildman–Crippen MR) is 93.3 cm³/mol. The monoisotopic (exact) mass is 343 g/mol. The van der Waals surface area contributed by atoms with Crippen LogP contribution < -0.4 is 20.7 Å². The average Bonchev–Trinajstić information content (AvgIpc) is 2.58. The van der Waals surface area contributed by atoms with Crippen LogP contribution in [0.1, 0.15) is 13.8 Å². The molecule has 2 atom stereocenters. The molecule has 130 valence electrons. The second kappa shape index (κ2) is 6.80. The van der Waals surface area contributed by atoms with Crippen molar-refractivity contribution in [1.82, 2.24) is 0 Å². The molecule has 2 amide bonds. The molecular formula is C18H18FN3O3. The number of carbonyl (C=O) groups is 2. The summed E-state index contributed by atoms with van der Waals surface area (Å²) in [5, 5.41) is 8.30. The maximum Gasteiger partial charge on any atom is 0.265 e. The number of hydrogen-bond acceptors (Lipinski definition) is 4. The van der Waals surface area contributed by atoms with Crippen molar-refractivity contribution in [3.8, 4) is 5.75 Å². The topological polar surface area (TPSA) is 79.5 Å². The van der Waals surface area contributed by atoms with Gasteiger partial charge in [0.25, 0.3) is 5.91 Å². The lowest BCUT2D eigenvalue weighted by molar-refractivity contribution is -0.122. The summed E-state index contributed by atoms with van der Waals surface area (Å²) in [6.07, 6.45) is -0.545. The molecule has 0 bridgehead atoms. The number of ether oxygens (including phenoxy) is 1. The summed E-state index contributed by atoms with van der Waals surface area (Å²) in [6, 6.07) is 10.5. The number of benzene rings is 2. The van der Waals surface area contributed by atoms with Crippen molar-refractivity contribution < 1.29 is 18.7 Å². The standard InChI is InChI=1S/C18H18FN3O3/c1-10(17(23)21-14-6-4-3-5-13(14)19)20-12-7-8-16-15(9-12)22-18(24)11(2)25-16/h3-11,20H,1-2H3,(H,21,23)(H,22,24). The summed E-state index contributed by atoms with van der Waals surface area (Å²) in [7, 11) is 0. The Labute approximate surface area is 144 Å². The highest BCUT2D eigenvalue weighted by Gasteiger charge is 2.24. The van der Waals surface area contributed by atoms with E-state index in [1.807, 2.05) is 0 Å². The number of halogens is 1. The van der Waals surface area contributed by atoms with Crippen LogP contribution in [0.3, 0.4) is 0 Å². The largest absolute Gasteiger partial charge is 0.479 e. The molecule has 1 aliphatic rings. The van der Waals surface area contributed by atoms with Crippen molar-refractivity contribution in [2.24, 2.45) is 0 Å². The van der Waals surface area contributed by atoms with Crippen LogP contribution in [0, 0.1) is 5.82 Å². The zero-order valence-corrected chi connectivity index (χ0v) is 13.8. The van der Waals surface area contributed by atoms with Gasteiger partial charge in [-0.2, -0.15) is 0 Å². The molecule has 2 unspecified atom stereocenters. The van der Waals surface area contributed by atoms with Gasteiger partial charge < -0.3 is 20.7 Å². The highest BCUT2D eigenvalue weighted by molar-refractivity contribution is 5.99. The Kier molecular flexibility index (Phi) is 4.56. The van der Waals surface area contributed by atoms with E-state index in [0.717, 1.165) is 0 Å². The van der Waals surface area contributed by atoms with E-state index in [4.69, 9.17) is 4.74 Å². The van der Waals surface area contributed by atoms with Gasteiger partial charge in [-0.1, -0.05) is 12.1 Å². The van der Waals surface area contributed by atoms with Crippen LogP contribution in [0.5, 0.6) is 5.75 Å². The molecule has 0 saturated carbocycles. The minimum Gasteiger partial charge on any atom is -0.479 e. The Hall–Kier alpha value is -3.09. The van der Waals surface area contributed by atoms with E-state index in [1.54, 1.807) is 44.2 Å². The van der Waals surface area contributed by atoms with E-state index >= 15 is 0 Å². The third kappa shape index (κ3) is 3.71. The zero-order valence-electron chi connectivity index (χ0n) is 13.8. The second-order valence-corrected chi connectivity index (χ2v) is 5.80. The van der Waals surface area contributed by atoms with Crippen LogP contribution in [0.4, 0.5) is 21.5 Å². The zero-order chi connectivity index (χ0) is 18.0. The smallest absolute Gasteiger partial charge is 0.265 e. The number of anilines is 3. The molecule has 7 heteroatoms. The minimum absolute atomic E-state index is 0.126. The predicted octanol–water partition coefficient (Wildman–Crippen LogP) is 2.98. The lowest BCUT2D eigenvalue weighted by Crippen LogP contribution is -2.34. The molecule has 0 aromatic heterocycles. The van der Waals surface area contributed by atoms with E-state index in [-0.39, 0.29) is 17.5 Å². The fourth-order valence-corrected chi connectivity index (χ4v) is 2.42. The van der Waals surface area contributed by atoms with Gasteiger partial charge in [-0.05, 0) is 44.2 Å². The molecule has 3 N–H and O–H groups in total. The summed E-state index contributed by atoms with van der Waals surface area (Å²) < 4.78 is 19.1. The normalized spacial score (nSPS) is 16.9. The van der Waals surface area contributed by atoms with Gasteiger partial charge in [0.1, 0.15) is 17.6 Å². The van der Waals surface area contributed by atoms with E-state index in [0.29, 0.717) is 17.1 Å². The molecule has 0 fully saturated rings. The molecule has 0 spiro atoms. The van der Waals surface area contributed by atoms with E-state index < -0.39 is 18.0 Å². The van der Waals surface area contributed by atoms with Gasteiger partial charge in [0.15, 0.2) is 6.10 Å². The summed E-state index contributed by atoms with van der Waals surface area (Å²) in [5.74, 6) is -0.529. The summed E-state index contributed by atoms with van der Waals surface area (Å²) in [4.78, 5) is 23.9. The molecule has 25 heavy (non-hydrogen) atoms. The number of nitrogens with one attached hydrogen (secondary N) is 3. The summed E-state index contributed by atoms with van der Waals surface area (Å²) in [5.41, 5.74) is 1.30. The maximum atomic E-state index is 13.6. The van der Waals surface area contributed by atoms with Gasteiger partial charge >= 0.3 is 0 Å². The number of para-hydroxylation sites is 1. The van der Waals surface area contributed by atoms with Gasteiger partial charge in [0.2, 0.25) is 5.91 Å². The van der Waals surface area contributed by atoms with Crippen LogP contribution in [-0.4, -0.2) is 24.0 Å². The number of carbonyl (C=O) groups excluding carboxylic acids is 2. The van der Waals surface area contributed by atoms with Crippen LogP contribution >= 0.6 is 0 Å².